The topological polar surface area (TPSA) is 32.3 Å². The SMILES string of the molecule is CCN1CCC[C@H]1C(=O)NCC1CC=CCC1. The fourth-order valence-corrected chi connectivity index (χ4v) is 2.91. The molecular weight excluding hydrogens is 212 g/mol. The van der Waals surface area contributed by atoms with E-state index in [4.69, 9.17) is 0 Å². The van der Waals surface area contributed by atoms with Crippen LogP contribution in [0.25, 0.3) is 0 Å². The third kappa shape index (κ3) is 3.32. The lowest BCUT2D eigenvalue weighted by Crippen LogP contribution is -2.44. The standard InChI is InChI=1S/C14H24N2O/c1-2-16-10-6-9-13(16)14(17)15-11-12-7-4-3-5-8-12/h3-4,12-13H,2,5-11H2,1H3,(H,15,17)/t12?,13-/m0/s1. The summed E-state index contributed by atoms with van der Waals surface area (Å²) in [6.45, 7) is 5.07. The van der Waals surface area contributed by atoms with E-state index in [1.807, 2.05) is 0 Å². The van der Waals surface area contributed by atoms with Crippen molar-refractivity contribution in [3.8, 4) is 0 Å². The molecule has 0 radical (unpaired) electrons. The zero-order valence-electron chi connectivity index (χ0n) is 10.8. The van der Waals surface area contributed by atoms with Crippen molar-refractivity contribution in [2.75, 3.05) is 19.6 Å². The van der Waals surface area contributed by atoms with Gasteiger partial charge in [0, 0.05) is 6.54 Å². The van der Waals surface area contributed by atoms with E-state index in [9.17, 15) is 4.79 Å². The molecule has 1 amide bonds. The summed E-state index contributed by atoms with van der Waals surface area (Å²) < 4.78 is 0. The van der Waals surface area contributed by atoms with Crippen LogP contribution in [0, 0.1) is 5.92 Å². The van der Waals surface area contributed by atoms with Crippen molar-refractivity contribution in [3.63, 3.8) is 0 Å². The van der Waals surface area contributed by atoms with Crippen molar-refractivity contribution in [2.45, 2.75) is 45.1 Å². The predicted molar refractivity (Wildman–Crippen MR) is 69.8 cm³/mol. The number of nitrogens with one attached hydrogen (secondary N) is 1. The van der Waals surface area contributed by atoms with E-state index in [1.54, 1.807) is 0 Å². The summed E-state index contributed by atoms with van der Waals surface area (Å²) >= 11 is 0. The average Bonchev–Trinajstić information content (AvgIpc) is 2.85. The Morgan fingerprint density at radius 3 is 3.00 bits per heavy atom. The highest BCUT2D eigenvalue weighted by Gasteiger charge is 2.29. The number of hydrogen-bond donors (Lipinski definition) is 1. The largest absolute Gasteiger partial charge is 0.354 e. The van der Waals surface area contributed by atoms with E-state index in [2.05, 4.69) is 29.3 Å². The van der Waals surface area contributed by atoms with Gasteiger partial charge in [-0.05, 0) is 51.1 Å². The Labute approximate surface area is 104 Å². The highest BCUT2D eigenvalue weighted by atomic mass is 16.2. The number of likely N-dealkylation sites (N-methyl/N-ethyl adjacent to an activating group) is 1. The van der Waals surface area contributed by atoms with E-state index in [0.717, 1.165) is 38.9 Å². The van der Waals surface area contributed by atoms with Gasteiger partial charge in [-0.2, -0.15) is 0 Å². The van der Waals surface area contributed by atoms with Crippen LogP contribution in [-0.2, 0) is 4.79 Å². The summed E-state index contributed by atoms with van der Waals surface area (Å²) in [6.07, 6.45) is 10.2. The van der Waals surface area contributed by atoms with Gasteiger partial charge < -0.3 is 5.32 Å². The van der Waals surface area contributed by atoms with Gasteiger partial charge in [-0.15, -0.1) is 0 Å². The summed E-state index contributed by atoms with van der Waals surface area (Å²) in [5.74, 6) is 0.902. The smallest absolute Gasteiger partial charge is 0.237 e. The van der Waals surface area contributed by atoms with E-state index >= 15 is 0 Å². The molecule has 2 atom stereocenters. The molecule has 2 rings (SSSR count). The maximum Gasteiger partial charge on any atom is 0.237 e. The fraction of sp³-hybridized carbons (Fsp3) is 0.786. The molecule has 0 bridgehead atoms. The van der Waals surface area contributed by atoms with Gasteiger partial charge in [0.2, 0.25) is 5.91 Å². The quantitative estimate of drug-likeness (QED) is 0.757. The number of carbonyl (C=O) groups is 1. The lowest BCUT2D eigenvalue weighted by atomic mass is 9.94. The molecule has 96 valence electrons. The summed E-state index contributed by atoms with van der Waals surface area (Å²) in [7, 11) is 0. The van der Waals surface area contributed by atoms with Gasteiger partial charge in [0.1, 0.15) is 0 Å². The summed E-state index contributed by atoms with van der Waals surface area (Å²) in [4.78, 5) is 14.4. The van der Waals surface area contributed by atoms with Crippen LogP contribution < -0.4 is 5.32 Å². The van der Waals surface area contributed by atoms with Gasteiger partial charge in [-0.25, -0.2) is 0 Å². The zero-order valence-corrected chi connectivity index (χ0v) is 10.8. The first kappa shape index (κ1) is 12.6. The van der Waals surface area contributed by atoms with Gasteiger partial charge in [-0.1, -0.05) is 19.1 Å². The van der Waals surface area contributed by atoms with Crippen LogP contribution >= 0.6 is 0 Å². The third-order valence-corrected chi connectivity index (χ3v) is 4.02. The molecular formula is C14H24N2O. The van der Waals surface area contributed by atoms with Crippen molar-refractivity contribution >= 4 is 5.91 Å². The minimum Gasteiger partial charge on any atom is -0.354 e. The zero-order chi connectivity index (χ0) is 12.1. The monoisotopic (exact) mass is 236 g/mol. The van der Waals surface area contributed by atoms with E-state index in [0.29, 0.717) is 5.92 Å². The summed E-state index contributed by atoms with van der Waals surface area (Å²) in [5.41, 5.74) is 0. The van der Waals surface area contributed by atoms with Gasteiger partial charge in [-0.3, -0.25) is 9.69 Å². The molecule has 1 aliphatic carbocycles. The second-order valence-corrected chi connectivity index (χ2v) is 5.18. The number of likely N-dealkylation sites (tertiary alicyclic amines) is 1. The van der Waals surface area contributed by atoms with Gasteiger partial charge in [0.25, 0.3) is 0 Å². The molecule has 1 N–H and O–H groups in total. The second kappa shape index (κ2) is 6.20. The number of nitrogens with zero attached hydrogens (tertiary/aromatic N) is 1. The van der Waals surface area contributed by atoms with Crippen LogP contribution in [0.5, 0.6) is 0 Å². The van der Waals surface area contributed by atoms with E-state index in [1.165, 1.54) is 12.8 Å². The molecule has 0 aromatic heterocycles. The lowest BCUT2D eigenvalue weighted by Gasteiger charge is -2.24. The van der Waals surface area contributed by atoms with Crippen molar-refractivity contribution in [3.05, 3.63) is 12.2 Å². The van der Waals surface area contributed by atoms with Gasteiger partial charge >= 0.3 is 0 Å². The molecule has 0 saturated carbocycles. The first-order valence-corrected chi connectivity index (χ1v) is 6.98. The second-order valence-electron chi connectivity index (χ2n) is 5.18. The predicted octanol–water partition coefficient (Wildman–Crippen LogP) is 1.94. The fourth-order valence-electron chi connectivity index (χ4n) is 2.91. The van der Waals surface area contributed by atoms with E-state index < -0.39 is 0 Å². The lowest BCUT2D eigenvalue weighted by molar-refractivity contribution is -0.125. The number of carbonyl (C=O) groups excluding carboxylic acids is 1. The number of rotatable bonds is 4. The van der Waals surface area contributed by atoms with Crippen LogP contribution in [0.15, 0.2) is 12.2 Å². The Balaban J connectivity index is 1.74. The Morgan fingerprint density at radius 1 is 1.41 bits per heavy atom. The van der Waals surface area contributed by atoms with Crippen LogP contribution in [-0.4, -0.2) is 36.5 Å². The number of allylic oxidation sites excluding steroid dienone is 2. The number of hydrogen-bond acceptors (Lipinski definition) is 2. The molecule has 0 aromatic carbocycles. The van der Waals surface area contributed by atoms with Crippen LogP contribution in [0.3, 0.4) is 0 Å². The Morgan fingerprint density at radius 2 is 2.29 bits per heavy atom. The Hall–Kier alpha value is -0.830. The van der Waals surface area contributed by atoms with Crippen molar-refractivity contribution in [1.82, 2.24) is 10.2 Å². The molecule has 3 nitrogen and oxygen atoms in total. The van der Waals surface area contributed by atoms with Crippen LogP contribution in [0.4, 0.5) is 0 Å². The van der Waals surface area contributed by atoms with Crippen molar-refractivity contribution < 1.29 is 4.79 Å². The molecule has 0 spiro atoms. The third-order valence-electron chi connectivity index (χ3n) is 4.02. The summed E-state index contributed by atoms with van der Waals surface area (Å²) in [5, 5.41) is 3.14. The van der Waals surface area contributed by atoms with Gasteiger partial charge in [0.15, 0.2) is 0 Å². The minimum atomic E-state index is 0.138. The highest BCUT2D eigenvalue weighted by molar-refractivity contribution is 5.82. The molecule has 1 saturated heterocycles. The molecule has 1 heterocycles. The van der Waals surface area contributed by atoms with Crippen molar-refractivity contribution in [1.29, 1.82) is 0 Å². The van der Waals surface area contributed by atoms with Crippen LogP contribution in [0.1, 0.15) is 39.0 Å². The maximum atomic E-state index is 12.1. The molecule has 2 aliphatic rings. The molecule has 1 unspecified atom stereocenters. The molecule has 0 aromatic rings. The first-order valence-electron chi connectivity index (χ1n) is 6.98. The Kier molecular flexibility index (Phi) is 4.60. The molecule has 17 heavy (non-hydrogen) atoms. The average molecular weight is 236 g/mol. The molecule has 3 heteroatoms. The minimum absolute atomic E-state index is 0.138. The highest BCUT2D eigenvalue weighted by Crippen LogP contribution is 2.19. The van der Waals surface area contributed by atoms with E-state index in [-0.39, 0.29) is 11.9 Å². The van der Waals surface area contributed by atoms with Crippen LogP contribution in [0.2, 0.25) is 0 Å². The Bertz CT molecular complexity index is 288. The summed E-state index contributed by atoms with van der Waals surface area (Å²) in [6, 6.07) is 0.138. The molecule has 1 aliphatic heterocycles. The van der Waals surface area contributed by atoms with Crippen molar-refractivity contribution in [2.24, 2.45) is 5.92 Å². The normalized spacial score (nSPS) is 29.5. The number of amides is 1. The maximum absolute atomic E-state index is 12.1. The molecule has 1 fully saturated rings. The van der Waals surface area contributed by atoms with Gasteiger partial charge in [0.05, 0.1) is 6.04 Å². The first-order chi connectivity index (χ1) is 8.31.